The number of anilines is 1. The van der Waals surface area contributed by atoms with Gasteiger partial charge in [0.25, 0.3) is 0 Å². The number of nitrogens with one attached hydrogen (secondary N) is 1. The lowest BCUT2D eigenvalue weighted by Crippen LogP contribution is -2.25. The van der Waals surface area contributed by atoms with Crippen molar-refractivity contribution in [2.24, 2.45) is 10.7 Å². The van der Waals surface area contributed by atoms with Gasteiger partial charge in [-0.25, -0.2) is 17.2 Å². The van der Waals surface area contributed by atoms with Crippen LogP contribution in [0.5, 0.6) is 0 Å². The molecule has 0 saturated heterocycles. The maximum atomic E-state index is 13.3. The van der Waals surface area contributed by atoms with E-state index < -0.39 is 26.7 Å². The molecule has 0 aliphatic heterocycles. The number of benzene rings is 1. The molecule has 0 unspecified atom stereocenters. The maximum Gasteiger partial charge on any atom is 0.193 e. The van der Waals surface area contributed by atoms with Crippen molar-refractivity contribution in [1.82, 2.24) is 0 Å². The summed E-state index contributed by atoms with van der Waals surface area (Å²) < 4.78 is 49.3. The van der Waals surface area contributed by atoms with Crippen molar-refractivity contribution < 1.29 is 17.2 Å². The molecule has 1 aromatic carbocycles. The lowest BCUT2D eigenvalue weighted by molar-refractivity contribution is 0.587. The molecule has 0 heterocycles. The first-order chi connectivity index (χ1) is 9.22. The fraction of sp³-hybridized carbons (Fsp3) is 0.417. The summed E-state index contributed by atoms with van der Waals surface area (Å²) in [5, 5.41) is 1.89. The number of rotatable bonds is 5. The van der Waals surface area contributed by atoms with Gasteiger partial charge in [0.1, 0.15) is 11.6 Å². The second kappa shape index (κ2) is 6.65. The normalized spacial score (nSPS) is 12.8. The molecule has 0 aliphatic rings. The van der Waals surface area contributed by atoms with Gasteiger partial charge in [0.15, 0.2) is 15.8 Å². The molecular formula is C12H17F2N3O2S. The first-order valence-corrected chi connectivity index (χ1v) is 7.67. The molecule has 0 bridgehead atoms. The number of sulfone groups is 1. The van der Waals surface area contributed by atoms with E-state index in [4.69, 9.17) is 5.73 Å². The van der Waals surface area contributed by atoms with E-state index >= 15 is 0 Å². The summed E-state index contributed by atoms with van der Waals surface area (Å²) in [4.78, 5) is 3.77. The maximum absolute atomic E-state index is 13.3. The highest BCUT2D eigenvalue weighted by Gasteiger charge is 2.15. The zero-order chi connectivity index (χ0) is 15.3. The van der Waals surface area contributed by atoms with Crippen LogP contribution < -0.4 is 11.1 Å². The quantitative estimate of drug-likeness (QED) is 0.638. The number of guanidine groups is 1. The van der Waals surface area contributed by atoms with Crippen LogP contribution in [-0.4, -0.2) is 31.9 Å². The first kappa shape index (κ1) is 16.4. The van der Waals surface area contributed by atoms with E-state index in [0.29, 0.717) is 0 Å². The number of halogens is 2. The fourth-order valence-corrected chi connectivity index (χ4v) is 2.12. The second-order valence-corrected chi connectivity index (χ2v) is 7.11. The highest BCUT2D eigenvalue weighted by Crippen LogP contribution is 2.14. The van der Waals surface area contributed by atoms with Crippen molar-refractivity contribution in [3.05, 3.63) is 29.8 Å². The van der Waals surface area contributed by atoms with Crippen molar-refractivity contribution in [2.75, 3.05) is 17.6 Å². The largest absolute Gasteiger partial charge is 0.370 e. The minimum Gasteiger partial charge on any atom is -0.370 e. The predicted octanol–water partition coefficient (Wildman–Crippen LogP) is 1.51. The number of nitrogens with zero attached hydrogens (tertiary/aromatic N) is 1. The summed E-state index contributed by atoms with van der Waals surface area (Å²) in [6, 6.07) is 2.86. The average Bonchev–Trinajstić information content (AvgIpc) is 2.33. The molecule has 0 fully saturated rings. The standard InChI is InChI=1S/C12H17F2N3O2S/c1-8(2)20(18,19)6-5-16-12(15)17-11-7-9(13)3-4-10(11)14/h3-4,7-8H,5-6H2,1-2H3,(H3,15,16,17). The molecule has 1 rings (SSSR count). The van der Waals surface area contributed by atoms with Gasteiger partial charge in [-0.3, -0.25) is 4.99 Å². The summed E-state index contributed by atoms with van der Waals surface area (Å²) in [7, 11) is -3.21. The van der Waals surface area contributed by atoms with E-state index in [1.807, 2.05) is 0 Å². The predicted molar refractivity (Wildman–Crippen MR) is 75.4 cm³/mol. The van der Waals surface area contributed by atoms with Gasteiger partial charge < -0.3 is 11.1 Å². The summed E-state index contributed by atoms with van der Waals surface area (Å²) >= 11 is 0. The Morgan fingerprint density at radius 1 is 1.40 bits per heavy atom. The Balaban J connectivity index is 2.65. The lowest BCUT2D eigenvalue weighted by Gasteiger charge is -2.08. The third-order valence-electron chi connectivity index (χ3n) is 2.57. The van der Waals surface area contributed by atoms with Crippen LogP contribution in [0.2, 0.25) is 0 Å². The zero-order valence-corrected chi connectivity index (χ0v) is 12.0. The van der Waals surface area contributed by atoms with Crippen molar-refractivity contribution in [2.45, 2.75) is 19.1 Å². The molecule has 0 aliphatic carbocycles. The van der Waals surface area contributed by atoms with Crippen LogP contribution in [0, 0.1) is 11.6 Å². The third-order valence-corrected chi connectivity index (χ3v) is 4.76. The Bertz CT molecular complexity index is 601. The van der Waals surface area contributed by atoms with Crippen LogP contribution in [0.4, 0.5) is 14.5 Å². The third kappa shape index (κ3) is 4.76. The van der Waals surface area contributed by atoms with Gasteiger partial charge in [0.2, 0.25) is 0 Å². The monoisotopic (exact) mass is 305 g/mol. The molecular weight excluding hydrogens is 288 g/mol. The second-order valence-electron chi connectivity index (χ2n) is 4.43. The Hall–Kier alpha value is -1.70. The summed E-state index contributed by atoms with van der Waals surface area (Å²) in [6.07, 6.45) is 0. The van der Waals surface area contributed by atoms with Crippen LogP contribution in [-0.2, 0) is 9.84 Å². The fourth-order valence-electron chi connectivity index (χ4n) is 1.30. The molecule has 0 amide bonds. The molecule has 8 heteroatoms. The van der Waals surface area contributed by atoms with Gasteiger partial charge >= 0.3 is 0 Å². The van der Waals surface area contributed by atoms with Crippen molar-refractivity contribution >= 4 is 21.5 Å². The summed E-state index contributed by atoms with van der Waals surface area (Å²) in [5.74, 6) is -1.63. The SMILES string of the molecule is CC(C)S(=O)(=O)CCN=C(N)Nc1cc(F)ccc1F. The van der Waals surface area contributed by atoms with Gasteiger partial charge in [-0.05, 0) is 26.0 Å². The van der Waals surface area contributed by atoms with E-state index in [1.54, 1.807) is 13.8 Å². The zero-order valence-electron chi connectivity index (χ0n) is 11.2. The van der Waals surface area contributed by atoms with E-state index in [9.17, 15) is 17.2 Å². The number of aliphatic imine (C=N–C) groups is 1. The Morgan fingerprint density at radius 2 is 2.05 bits per heavy atom. The van der Waals surface area contributed by atoms with E-state index in [-0.39, 0.29) is 23.9 Å². The Labute approximate surface area is 116 Å². The van der Waals surface area contributed by atoms with Crippen LogP contribution >= 0.6 is 0 Å². The van der Waals surface area contributed by atoms with E-state index in [2.05, 4.69) is 10.3 Å². The molecule has 0 saturated carbocycles. The molecule has 3 N–H and O–H groups in total. The summed E-state index contributed by atoms with van der Waals surface area (Å²) in [5.41, 5.74) is 5.33. The van der Waals surface area contributed by atoms with E-state index in [1.165, 1.54) is 0 Å². The van der Waals surface area contributed by atoms with Crippen LogP contribution in [0.3, 0.4) is 0 Å². The van der Waals surface area contributed by atoms with Gasteiger partial charge in [-0.15, -0.1) is 0 Å². The highest BCUT2D eigenvalue weighted by molar-refractivity contribution is 7.92. The van der Waals surface area contributed by atoms with Gasteiger partial charge in [0, 0.05) is 6.07 Å². The lowest BCUT2D eigenvalue weighted by atomic mass is 10.3. The number of nitrogens with two attached hydrogens (primary N) is 1. The highest BCUT2D eigenvalue weighted by atomic mass is 32.2. The van der Waals surface area contributed by atoms with Crippen LogP contribution in [0.25, 0.3) is 0 Å². The van der Waals surface area contributed by atoms with Gasteiger partial charge in [-0.2, -0.15) is 0 Å². The van der Waals surface area contributed by atoms with Gasteiger partial charge in [-0.1, -0.05) is 0 Å². The number of hydrogen-bond acceptors (Lipinski definition) is 3. The van der Waals surface area contributed by atoms with Crippen molar-refractivity contribution in [1.29, 1.82) is 0 Å². The van der Waals surface area contributed by atoms with Crippen LogP contribution in [0.1, 0.15) is 13.8 Å². The minimum atomic E-state index is -3.21. The molecule has 20 heavy (non-hydrogen) atoms. The first-order valence-electron chi connectivity index (χ1n) is 5.96. The number of hydrogen-bond donors (Lipinski definition) is 2. The minimum absolute atomic E-state index is 0.0454. The van der Waals surface area contributed by atoms with Crippen molar-refractivity contribution in [3.8, 4) is 0 Å². The van der Waals surface area contributed by atoms with E-state index in [0.717, 1.165) is 18.2 Å². The van der Waals surface area contributed by atoms with Crippen molar-refractivity contribution in [3.63, 3.8) is 0 Å². The topological polar surface area (TPSA) is 84.5 Å². The molecule has 0 radical (unpaired) electrons. The molecule has 0 aromatic heterocycles. The molecule has 0 atom stereocenters. The molecule has 5 nitrogen and oxygen atoms in total. The molecule has 1 aromatic rings. The van der Waals surface area contributed by atoms with Crippen LogP contribution in [0.15, 0.2) is 23.2 Å². The van der Waals surface area contributed by atoms with Gasteiger partial charge in [0.05, 0.1) is 23.2 Å². The smallest absolute Gasteiger partial charge is 0.193 e. The summed E-state index contributed by atoms with van der Waals surface area (Å²) in [6.45, 7) is 3.10. The molecule has 0 spiro atoms. The Kier molecular flexibility index (Phi) is 5.43. The molecule has 112 valence electrons. The Morgan fingerprint density at radius 3 is 2.65 bits per heavy atom. The average molecular weight is 305 g/mol.